The number of thioether (sulfide) groups is 1. The van der Waals surface area contributed by atoms with E-state index in [2.05, 4.69) is 52.2 Å². The minimum atomic E-state index is 0.116. The lowest BCUT2D eigenvalue weighted by Crippen LogP contribution is -2.26. The highest BCUT2D eigenvalue weighted by Gasteiger charge is 2.14. The average molecular weight is 354 g/mol. The van der Waals surface area contributed by atoms with Crippen molar-refractivity contribution >= 4 is 27.7 Å². The Morgan fingerprint density at radius 3 is 2.65 bits per heavy atom. The van der Waals surface area contributed by atoms with Gasteiger partial charge in [0.25, 0.3) is 0 Å². The highest BCUT2D eigenvalue weighted by Crippen LogP contribution is 2.25. The van der Waals surface area contributed by atoms with Crippen molar-refractivity contribution in [3.05, 3.63) is 45.7 Å². The summed E-state index contributed by atoms with van der Waals surface area (Å²) in [5.74, 6) is 0.904. The zero-order valence-corrected chi connectivity index (χ0v) is 14.5. The van der Waals surface area contributed by atoms with Crippen molar-refractivity contribution in [1.29, 1.82) is 0 Å². The summed E-state index contributed by atoms with van der Waals surface area (Å²) in [6, 6.07) is 8.54. The summed E-state index contributed by atoms with van der Waals surface area (Å²) in [6.45, 7) is 4.14. The van der Waals surface area contributed by atoms with Crippen LogP contribution in [0.15, 0.2) is 33.6 Å². The molecular formula is C15H20BrN3S. The molecule has 0 spiro atoms. The first-order valence-corrected chi connectivity index (χ1v) is 8.39. The molecule has 2 aromatic rings. The van der Waals surface area contributed by atoms with Crippen LogP contribution in [-0.2, 0) is 13.5 Å². The summed E-state index contributed by atoms with van der Waals surface area (Å²) in [6.07, 6.45) is 0.830. The molecule has 0 bridgehead atoms. The van der Waals surface area contributed by atoms with E-state index in [1.54, 1.807) is 0 Å². The van der Waals surface area contributed by atoms with Gasteiger partial charge in [-0.1, -0.05) is 18.2 Å². The third kappa shape index (κ3) is 3.65. The van der Waals surface area contributed by atoms with Gasteiger partial charge in [0.15, 0.2) is 0 Å². The lowest BCUT2D eigenvalue weighted by Gasteiger charge is -2.13. The van der Waals surface area contributed by atoms with E-state index >= 15 is 0 Å². The summed E-state index contributed by atoms with van der Waals surface area (Å²) in [5.41, 5.74) is 9.76. The second-order valence-electron chi connectivity index (χ2n) is 5.01. The molecule has 2 N–H and O–H groups in total. The van der Waals surface area contributed by atoms with Crippen LogP contribution in [0.5, 0.6) is 0 Å². The summed E-state index contributed by atoms with van der Waals surface area (Å²) < 4.78 is 2.99. The fraction of sp³-hybridized carbons (Fsp3) is 0.400. The van der Waals surface area contributed by atoms with Crippen molar-refractivity contribution in [2.45, 2.75) is 31.2 Å². The summed E-state index contributed by atoms with van der Waals surface area (Å²) in [5, 5.41) is 4.40. The van der Waals surface area contributed by atoms with Gasteiger partial charge >= 0.3 is 0 Å². The van der Waals surface area contributed by atoms with Crippen LogP contribution >= 0.6 is 27.7 Å². The monoisotopic (exact) mass is 353 g/mol. The maximum Gasteiger partial charge on any atom is 0.0738 e. The van der Waals surface area contributed by atoms with Crippen LogP contribution in [-0.4, -0.2) is 21.6 Å². The van der Waals surface area contributed by atoms with E-state index < -0.39 is 0 Å². The Labute approximate surface area is 133 Å². The quantitative estimate of drug-likeness (QED) is 0.837. The first kappa shape index (κ1) is 15.6. The Morgan fingerprint density at radius 1 is 1.35 bits per heavy atom. The van der Waals surface area contributed by atoms with Gasteiger partial charge in [-0.05, 0) is 41.4 Å². The Balaban J connectivity index is 1.96. The fourth-order valence-electron chi connectivity index (χ4n) is 2.12. The van der Waals surface area contributed by atoms with Gasteiger partial charge in [0.2, 0.25) is 0 Å². The molecule has 2 rings (SSSR count). The Morgan fingerprint density at radius 2 is 2.05 bits per heavy atom. The SMILES string of the molecule is Cc1ccccc1SCC(N)Cc1c(Br)c(C)nn1C. The normalized spacial score (nSPS) is 12.7. The second kappa shape index (κ2) is 6.78. The van der Waals surface area contributed by atoms with E-state index in [9.17, 15) is 0 Å². The fourth-order valence-corrected chi connectivity index (χ4v) is 3.60. The highest BCUT2D eigenvalue weighted by molar-refractivity contribution is 9.10. The first-order valence-electron chi connectivity index (χ1n) is 6.61. The van der Waals surface area contributed by atoms with E-state index in [0.29, 0.717) is 0 Å². The van der Waals surface area contributed by atoms with Gasteiger partial charge in [0.1, 0.15) is 0 Å². The third-order valence-electron chi connectivity index (χ3n) is 3.26. The van der Waals surface area contributed by atoms with E-state index in [-0.39, 0.29) is 6.04 Å². The number of nitrogens with zero attached hydrogens (tertiary/aromatic N) is 2. The second-order valence-corrected chi connectivity index (χ2v) is 6.87. The number of halogens is 1. The number of nitrogens with two attached hydrogens (primary N) is 1. The molecule has 0 saturated carbocycles. The summed E-state index contributed by atoms with van der Waals surface area (Å²) in [7, 11) is 1.97. The lowest BCUT2D eigenvalue weighted by atomic mass is 10.2. The van der Waals surface area contributed by atoms with Crippen LogP contribution in [0.3, 0.4) is 0 Å². The van der Waals surface area contributed by atoms with Gasteiger partial charge in [-0.25, -0.2) is 0 Å². The molecule has 1 heterocycles. The largest absolute Gasteiger partial charge is 0.327 e. The molecule has 1 atom stereocenters. The zero-order valence-electron chi connectivity index (χ0n) is 12.1. The van der Waals surface area contributed by atoms with E-state index in [4.69, 9.17) is 5.73 Å². The molecule has 0 fully saturated rings. The van der Waals surface area contributed by atoms with Gasteiger partial charge in [-0.15, -0.1) is 11.8 Å². The van der Waals surface area contributed by atoms with Crippen LogP contribution in [0, 0.1) is 13.8 Å². The molecular weight excluding hydrogens is 334 g/mol. The van der Waals surface area contributed by atoms with Crippen LogP contribution in [0.25, 0.3) is 0 Å². The lowest BCUT2D eigenvalue weighted by molar-refractivity contribution is 0.651. The molecule has 0 aliphatic heterocycles. The molecule has 3 nitrogen and oxygen atoms in total. The smallest absolute Gasteiger partial charge is 0.0738 e. The van der Waals surface area contributed by atoms with E-state index in [1.807, 2.05) is 30.4 Å². The topological polar surface area (TPSA) is 43.8 Å². The van der Waals surface area contributed by atoms with Crippen LogP contribution in [0.1, 0.15) is 17.0 Å². The Hall–Kier alpha value is -0.780. The van der Waals surface area contributed by atoms with Gasteiger partial charge in [-0.3, -0.25) is 4.68 Å². The van der Waals surface area contributed by atoms with Crippen molar-refractivity contribution in [1.82, 2.24) is 9.78 Å². The van der Waals surface area contributed by atoms with Crippen molar-refractivity contribution in [3.8, 4) is 0 Å². The molecule has 0 aliphatic rings. The molecule has 0 aliphatic carbocycles. The maximum atomic E-state index is 6.27. The number of hydrogen-bond donors (Lipinski definition) is 1. The standard InChI is InChI=1S/C15H20BrN3S/c1-10-6-4-5-7-14(10)20-9-12(17)8-13-15(16)11(2)18-19(13)3/h4-7,12H,8-9,17H2,1-3H3. The molecule has 0 amide bonds. The molecule has 108 valence electrons. The van der Waals surface area contributed by atoms with E-state index in [1.165, 1.54) is 16.2 Å². The molecule has 1 unspecified atom stereocenters. The molecule has 0 radical (unpaired) electrons. The van der Waals surface area contributed by atoms with E-state index in [0.717, 1.165) is 22.3 Å². The van der Waals surface area contributed by atoms with Gasteiger partial charge in [-0.2, -0.15) is 5.10 Å². The Kier molecular flexibility index (Phi) is 5.29. The minimum Gasteiger partial charge on any atom is -0.327 e. The summed E-state index contributed by atoms with van der Waals surface area (Å²) >= 11 is 5.41. The van der Waals surface area contributed by atoms with Crippen LogP contribution in [0.2, 0.25) is 0 Å². The highest BCUT2D eigenvalue weighted by atomic mass is 79.9. The van der Waals surface area contributed by atoms with Crippen molar-refractivity contribution in [3.63, 3.8) is 0 Å². The first-order chi connectivity index (χ1) is 9.49. The number of benzene rings is 1. The summed E-state index contributed by atoms with van der Waals surface area (Å²) in [4.78, 5) is 1.31. The zero-order chi connectivity index (χ0) is 14.7. The molecule has 1 aromatic carbocycles. The molecule has 20 heavy (non-hydrogen) atoms. The molecule has 1 aromatic heterocycles. The van der Waals surface area contributed by atoms with Gasteiger partial charge < -0.3 is 5.73 Å². The average Bonchev–Trinajstić information content (AvgIpc) is 2.64. The number of hydrogen-bond acceptors (Lipinski definition) is 3. The van der Waals surface area contributed by atoms with Crippen LogP contribution < -0.4 is 5.73 Å². The van der Waals surface area contributed by atoms with Gasteiger partial charge in [0.05, 0.1) is 15.9 Å². The van der Waals surface area contributed by atoms with Crippen LogP contribution in [0.4, 0.5) is 0 Å². The van der Waals surface area contributed by atoms with Crippen molar-refractivity contribution in [2.24, 2.45) is 12.8 Å². The van der Waals surface area contributed by atoms with Crippen molar-refractivity contribution < 1.29 is 0 Å². The maximum absolute atomic E-state index is 6.27. The number of aromatic nitrogens is 2. The molecule has 0 saturated heterocycles. The predicted octanol–water partition coefficient (Wildman–Crippen LogP) is 3.46. The third-order valence-corrected chi connectivity index (χ3v) is 5.66. The number of rotatable bonds is 5. The predicted molar refractivity (Wildman–Crippen MR) is 89.2 cm³/mol. The molecule has 5 heteroatoms. The minimum absolute atomic E-state index is 0.116. The Bertz CT molecular complexity index is 595. The van der Waals surface area contributed by atoms with Gasteiger partial charge in [0, 0.05) is 30.2 Å². The van der Waals surface area contributed by atoms with Crippen molar-refractivity contribution in [2.75, 3.05) is 5.75 Å². The number of aryl methyl sites for hydroxylation is 3.